The van der Waals surface area contributed by atoms with Gasteiger partial charge in [-0.3, -0.25) is 0 Å². The number of rotatable bonds is 4. The number of nitrogens with zero attached hydrogens (tertiary/aromatic N) is 1. The van der Waals surface area contributed by atoms with Gasteiger partial charge < -0.3 is 4.74 Å². The molecule has 0 fully saturated rings. The molecule has 1 aromatic rings. The van der Waals surface area contributed by atoms with E-state index in [1.54, 1.807) is 13.2 Å². The largest absolute Gasteiger partial charge is 0.495 e. The van der Waals surface area contributed by atoms with Crippen LogP contribution in [-0.4, -0.2) is 7.11 Å². The molecule has 0 radical (unpaired) electrons. The first kappa shape index (κ1) is 12.2. The fourth-order valence-corrected chi connectivity index (χ4v) is 2.00. The molecule has 1 aromatic carbocycles. The number of hydrogen-bond acceptors (Lipinski definition) is 2. The SMILES string of the molecule is COc1c(Cl)cc(Cl)cc1CCCC#N. The van der Waals surface area contributed by atoms with E-state index >= 15 is 0 Å². The molecule has 0 aliphatic heterocycles. The number of hydrogen-bond donors (Lipinski definition) is 0. The zero-order valence-electron chi connectivity index (χ0n) is 8.39. The summed E-state index contributed by atoms with van der Waals surface area (Å²) >= 11 is 11.9. The number of nitriles is 1. The summed E-state index contributed by atoms with van der Waals surface area (Å²) in [5, 5.41) is 9.55. The third-order valence-corrected chi connectivity index (χ3v) is 2.52. The van der Waals surface area contributed by atoms with Crippen molar-refractivity contribution in [1.29, 1.82) is 5.26 Å². The van der Waals surface area contributed by atoms with Gasteiger partial charge in [0.1, 0.15) is 5.75 Å². The molecule has 0 saturated heterocycles. The van der Waals surface area contributed by atoms with Crippen LogP contribution in [0.1, 0.15) is 18.4 Å². The Morgan fingerprint density at radius 1 is 1.40 bits per heavy atom. The lowest BCUT2D eigenvalue weighted by molar-refractivity contribution is 0.409. The van der Waals surface area contributed by atoms with Gasteiger partial charge in [-0.1, -0.05) is 23.2 Å². The maximum Gasteiger partial charge on any atom is 0.140 e. The molecule has 0 amide bonds. The summed E-state index contributed by atoms with van der Waals surface area (Å²) in [5.74, 6) is 0.652. The number of benzene rings is 1. The molecule has 2 nitrogen and oxygen atoms in total. The summed E-state index contributed by atoms with van der Waals surface area (Å²) < 4.78 is 5.19. The van der Waals surface area contributed by atoms with Gasteiger partial charge in [0.25, 0.3) is 0 Å². The predicted octanol–water partition coefficient (Wildman–Crippen LogP) is 3.85. The zero-order chi connectivity index (χ0) is 11.3. The molecular weight excluding hydrogens is 233 g/mol. The van der Waals surface area contributed by atoms with Crippen LogP contribution in [0.25, 0.3) is 0 Å². The zero-order valence-corrected chi connectivity index (χ0v) is 9.90. The van der Waals surface area contributed by atoms with Crippen LogP contribution >= 0.6 is 23.2 Å². The molecule has 0 heterocycles. The Morgan fingerprint density at radius 3 is 2.73 bits per heavy atom. The maximum atomic E-state index is 8.45. The normalized spacial score (nSPS) is 9.73. The summed E-state index contributed by atoms with van der Waals surface area (Å²) in [4.78, 5) is 0. The summed E-state index contributed by atoms with van der Waals surface area (Å²) in [7, 11) is 1.57. The number of ether oxygens (including phenoxy) is 1. The molecule has 1 rings (SSSR count). The van der Waals surface area contributed by atoms with Crippen LogP contribution in [0.4, 0.5) is 0 Å². The minimum absolute atomic E-state index is 0.511. The monoisotopic (exact) mass is 243 g/mol. The van der Waals surface area contributed by atoms with Crippen molar-refractivity contribution in [2.75, 3.05) is 7.11 Å². The summed E-state index contributed by atoms with van der Waals surface area (Å²) in [5.41, 5.74) is 0.949. The summed E-state index contributed by atoms with van der Waals surface area (Å²) in [6.45, 7) is 0. The van der Waals surface area contributed by atoms with Gasteiger partial charge in [0, 0.05) is 11.4 Å². The van der Waals surface area contributed by atoms with Crippen LogP contribution in [-0.2, 0) is 6.42 Å². The predicted molar refractivity (Wildman–Crippen MR) is 61.6 cm³/mol. The lowest BCUT2D eigenvalue weighted by Gasteiger charge is -2.10. The first-order chi connectivity index (χ1) is 7.19. The fourth-order valence-electron chi connectivity index (χ4n) is 1.39. The Balaban J connectivity index is 2.89. The van der Waals surface area contributed by atoms with Crippen LogP contribution in [0.15, 0.2) is 12.1 Å². The molecule has 0 unspecified atom stereocenters. The van der Waals surface area contributed by atoms with Crippen molar-refractivity contribution >= 4 is 23.2 Å². The van der Waals surface area contributed by atoms with Crippen molar-refractivity contribution in [1.82, 2.24) is 0 Å². The quantitative estimate of drug-likeness (QED) is 0.753. The lowest BCUT2D eigenvalue weighted by Crippen LogP contribution is -1.93. The van der Waals surface area contributed by atoms with Crippen LogP contribution in [0.3, 0.4) is 0 Å². The molecule has 80 valence electrons. The highest BCUT2D eigenvalue weighted by molar-refractivity contribution is 6.35. The molecule has 0 N–H and O–H groups in total. The van der Waals surface area contributed by atoms with Crippen molar-refractivity contribution < 1.29 is 4.74 Å². The standard InChI is InChI=1S/C11H11Cl2NO/c1-15-11-8(4-2-3-5-14)6-9(12)7-10(11)13/h6-7H,2-4H2,1H3. The molecule has 0 aliphatic rings. The Labute approximate surface area is 99.4 Å². The van der Waals surface area contributed by atoms with Gasteiger partial charge in [-0.25, -0.2) is 0 Å². The van der Waals surface area contributed by atoms with Gasteiger partial charge in [0.2, 0.25) is 0 Å². The molecule has 0 spiro atoms. The smallest absolute Gasteiger partial charge is 0.140 e. The topological polar surface area (TPSA) is 33.0 Å². The van der Waals surface area contributed by atoms with Crippen molar-refractivity contribution in [3.05, 3.63) is 27.7 Å². The van der Waals surface area contributed by atoms with Crippen LogP contribution < -0.4 is 4.74 Å². The third kappa shape index (κ3) is 3.30. The highest BCUT2D eigenvalue weighted by Crippen LogP contribution is 2.32. The second-order valence-corrected chi connectivity index (χ2v) is 3.94. The highest BCUT2D eigenvalue weighted by atomic mass is 35.5. The first-order valence-corrected chi connectivity index (χ1v) is 5.33. The number of unbranched alkanes of at least 4 members (excludes halogenated alkanes) is 1. The molecule has 0 atom stereocenters. The van der Waals surface area contributed by atoms with Gasteiger partial charge in [-0.2, -0.15) is 5.26 Å². The number of halogens is 2. The summed E-state index contributed by atoms with van der Waals surface area (Å²) in [6, 6.07) is 5.57. The molecule has 0 saturated carbocycles. The number of aryl methyl sites for hydroxylation is 1. The molecule has 15 heavy (non-hydrogen) atoms. The highest BCUT2D eigenvalue weighted by Gasteiger charge is 2.09. The van der Waals surface area contributed by atoms with Crippen LogP contribution in [0.2, 0.25) is 10.0 Å². The Morgan fingerprint density at radius 2 is 2.13 bits per heavy atom. The second kappa shape index (κ2) is 5.85. The third-order valence-electron chi connectivity index (χ3n) is 2.02. The van der Waals surface area contributed by atoms with E-state index in [0.29, 0.717) is 22.2 Å². The van der Waals surface area contributed by atoms with Crippen molar-refractivity contribution in [3.63, 3.8) is 0 Å². The molecule has 0 aliphatic carbocycles. The van der Waals surface area contributed by atoms with E-state index in [4.69, 9.17) is 33.2 Å². The van der Waals surface area contributed by atoms with E-state index in [0.717, 1.165) is 18.4 Å². The van der Waals surface area contributed by atoms with Gasteiger partial charge in [0.05, 0.1) is 18.2 Å². The lowest BCUT2D eigenvalue weighted by atomic mass is 10.1. The molecule has 0 bridgehead atoms. The van der Waals surface area contributed by atoms with Gasteiger partial charge >= 0.3 is 0 Å². The van der Waals surface area contributed by atoms with Gasteiger partial charge in [0.15, 0.2) is 0 Å². The van der Waals surface area contributed by atoms with Crippen molar-refractivity contribution in [3.8, 4) is 11.8 Å². The minimum atomic E-state index is 0.511. The van der Waals surface area contributed by atoms with E-state index in [1.807, 2.05) is 6.07 Å². The maximum absolute atomic E-state index is 8.45. The minimum Gasteiger partial charge on any atom is -0.495 e. The van der Waals surface area contributed by atoms with E-state index in [-0.39, 0.29) is 0 Å². The van der Waals surface area contributed by atoms with Crippen molar-refractivity contribution in [2.24, 2.45) is 0 Å². The average Bonchev–Trinajstić information content (AvgIpc) is 2.17. The van der Waals surface area contributed by atoms with E-state index < -0.39 is 0 Å². The van der Waals surface area contributed by atoms with Gasteiger partial charge in [-0.05, 0) is 30.5 Å². The van der Waals surface area contributed by atoms with Crippen molar-refractivity contribution in [2.45, 2.75) is 19.3 Å². The first-order valence-electron chi connectivity index (χ1n) is 4.58. The Kier molecular flexibility index (Phi) is 4.74. The molecule has 4 heteroatoms. The van der Waals surface area contributed by atoms with E-state index in [9.17, 15) is 0 Å². The Bertz CT molecular complexity index is 385. The van der Waals surface area contributed by atoms with E-state index in [1.165, 1.54) is 0 Å². The number of methoxy groups -OCH3 is 1. The summed E-state index contributed by atoms with van der Waals surface area (Å²) in [6.07, 6.45) is 2.05. The van der Waals surface area contributed by atoms with Gasteiger partial charge in [-0.15, -0.1) is 0 Å². The second-order valence-electron chi connectivity index (χ2n) is 3.09. The molecular formula is C11H11Cl2NO. The Hall–Kier alpha value is -0.910. The molecule has 0 aromatic heterocycles. The van der Waals surface area contributed by atoms with Crippen LogP contribution in [0, 0.1) is 11.3 Å². The van der Waals surface area contributed by atoms with E-state index in [2.05, 4.69) is 6.07 Å². The van der Waals surface area contributed by atoms with Crippen LogP contribution in [0.5, 0.6) is 5.75 Å². The fraction of sp³-hybridized carbons (Fsp3) is 0.364. The average molecular weight is 244 g/mol.